The van der Waals surface area contributed by atoms with Gasteiger partial charge < -0.3 is 15.7 Å². The topological polar surface area (TPSA) is 44.3 Å². The highest BCUT2D eigenvalue weighted by atomic mass is 16.3. The molecule has 13 heavy (non-hydrogen) atoms. The Morgan fingerprint density at radius 1 is 1.15 bits per heavy atom. The van der Waals surface area contributed by atoms with Crippen LogP contribution in [0.25, 0.3) is 0 Å². The molecule has 3 N–H and O–H groups in total. The van der Waals surface area contributed by atoms with E-state index >= 15 is 0 Å². The SMILES string of the molecule is OC1CC(CNCCNC2CC2)C1. The second-order valence-electron chi connectivity index (χ2n) is 4.42. The summed E-state index contributed by atoms with van der Waals surface area (Å²) in [6.07, 6.45) is 4.74. The van der Waals surface area contributed by atoms with Crippen LogP contribution in [0.3, 0.4) is 0 Å². The van der Waals surface area contributed by atoms with Crippen LogP contribution >= 0.6 is 0 Å². The number of hydrogen-bond donors (Lipinski definition) is 3. The van der Waals surface area contributed by atoms with Crippen molar-refractivity contribution in [1.82, 2.24) is 10.6 Å². The summed E-state index contributed by atoms with van der Waals surface area (Å²) >= 11 is 0. The Kier molecular flexibility index (Phi) is 3.19. The Hall–Kier alpha value is -0.120. The molecular formula is C10H20N2O. The van der Waals surface area contributed by atoms with Gasteiger partial charge in [-0.05, 0) is 38.1 Å². The summed E-state index contributed by atoms with van der Waals surface area (Å²) in [5.41, 5.74) is 0. The maximum absolute atomic E-state index is 9.06. The zero-order chi connectivity index (χ0) is 9.10. The van der Waals surface area contributed by atoms with Gasteiger partial charge in [-0.3, -0.25) is 0 Å². The van der Waals surface area contributed by atoms with Crippen LogP contribution in [0, 0.1) is 5.92 Å². The molecule has 76 valence electrons. The van der Waals surface area contributed by atoms with Crippen molar-refractivity contribution < 1.29 is 5.11 Å². The molecule has 0 atom stereocenters. The maximum atomic E-state index is 9.06. The van der Waals surface area contributed by atoms with Gasteiger partial charge in [-0.15, -0.1) is 0 Å². The molecular weight excluding hydrogens is 164 g/mol. The van der Waals surface area contributed by atoms with Crippen molar-refractivity contribution >= 4 is 0 Å². The first-order valence-corrected chi connectivity index (χ1v) is 5.47. The minimum absolute atomic E-state index is 0.00334. The highest BCUT2D eigenvalue weighted by molar-refractivity contribution is 4.82. The van der Waals surface area contributed by atoms with Crippen LogP contribution in [0.5, 0.6) is 0 Å². The average molecular weight is 184 g/mol. The summed E-state index contributed by atoms with van der Waals surface area (Å²) in [6, 6.07) is 0.826. The van der Waals surface area contributed by atoms with Gasteiger partial charge in [0.15, 0.2) is 0 Å². The number of nitrogens with one attached hydrogen (secondary N) is 2. The molecule has 0 bridgehead atoms. The normalized spacial score (nSPS) is 33.0. The van der Waals surface area contributed by atoms with Gasteiger partial charge in [0.1, 0.15) is 0 Å². The lowest BCUT2D eigenvalue weighted by molar-refractivity contribution is 0.0432. The van der Waals surface area contributed by atoms with Crippen LogP contribution < -0.4 is 10.6 Å². The molecule has 0 heterocycles. The van der Waals surface area contributed by atoms with Gasteiger partial charge in [-0.25, -0.2) is 0 Å². The van der Waals surface area contributed by atoms with Gasteiger partial charge in [0.05, 0.1) is 6.10 Å². The van der Waals surface area contributed by atoms with Crippen LogP contribution in [-0.2, 0) is 0 Å². The van der Waals surface area contributed by atoms with E-state index in [1.54, 1.807) is 0 Å². The third kappa shape index (κ3) is 3.25. The predicted octanol–water partition coefficient (Wildman–Crippen LogP) is 0.0989. The van der Waals surface area contributed by atoms with Crippen LogP contribution in [0.15, 0.2) is 0 Å². The molecule has 3 heteroatoms. The fourth-order valence-electron chi connectivity index (χ4n) is 1.83. The Bertz CT molecular complexity index is 153. The van der Waals surface area contributed by atoms with Crippen molar-refractivity contribution in [3.8, 4) is 0 Å². The summed E-state index contributed by atoms with van der Waals surface area (Å²) < 4.78 is 0. The highest BCUT2D eigenvalue weighted by Crippen LogP contribution is 2.25. The van der Waals surface area contributed by atoms with Crippen LogP contribution in [0.1, 0.15) is 25.7 Å². The summed E-state index contributed by atoms with van der Waals surface area (Å²) in [5.74, 6) is 0.732. The molecule has 3 nitrogen and oxygen atoms in total. The fourth-order valence-corrected chi connectivity index (χ4v) is 1.83. The van der Waals surface area contributed by atoms with Crippen molar-refractivity contribution in [2.45, 2.75) is 37.8 Å². The van der Waals surface area contributed by atoms with Gasteiger partial charge in [0.2, 0.25) is 0 Å². The molecule has 0 spiro atoms. The first-order chi connectivity index (χ1) is 6.34. The van der Waals surface area contributed by atoms with Crippen LogP contribution in [0.2, 0.25) is 0 Å². The highest BCUT2D eigenvalue weighted by Gasteiger charge is 2.26. The molecule has 0 aromatic carbocycles. The van der Waals surface area contributed by atoms with Crippen LogP contribution in [-0.4, -0.2) is 36.9 Å². The van der Waals surface area contributed by atoms with E-state index in [4.69, 9.17) is 5.11 Å². The number of aliphatic hydroxyl groups is 1. The zero-order valence-corrected chi connectivity index (χ0v) is 8.13. The lowest BCUT2D eigenvalue weighted by Gasteiger charge is -2.31. The zero-order valence-electron chi connectivity index (χ0n) is 8.13. The predicted molar refractivity (Wildman–Crippen MR) is 52.6 cm³/mol. The summed E-state index contributed by atoms with van der Waals surface area (Å²) in [5, 5.41) is 15.9. The smallest absolute Gasteiger partial charge is 0.0546 e. The maximum Gasteiger partial charge on any atom is 0.0546 e. The average Bonchev–Trinajstić information content (AvgIpc) is 2.84. The van der Waals surface area contributed by atoms with Crippen molar-refractivity contribution in [3.05, 3.63) is 0 Å². The van der Waals surface area contributed by atoms with E-state index in [1.807, 2.05) is 0 Å². The second kappa shape index (κ2) is 4.40. The molecule has 2 aliphatic rings. The van der Waals surface area contributed by atoms with Crippen LogP contribution in [0.4, 0.5) is 0 Å². The molecule has 0 unspecified atom stereocenters. The summed E-state index contributed by atoms with van der Waals surface area (Å²) in [6.45, 7) is 3.26. The van der Waals surface area contributed by atoms with Crippen molar-refractivity contribution in [2.24, 2.45) is 5.92 Å². The third-order valence-electron chi connectivity index (χ3n) is 2.96. The molecule has 2 rings (SSSR count). The van der Waals surface area contributed by atoms with Gasteiger partial charge in [0, 0.05) is 19.1 Å². The van der Waals surface area contributed by atoms with Crippen molar-refractivity contribution in [3.63, 3.8) is 0 Å². The van der Waals surface area contributed by atoms with Gasteiger partial charge in [-0.1, -0.05) is 0 Å². The molecule has 0 amide bonds. The largest absolute Gasteiger partial charge is 0.393 e. The molecule has 0 aliphatic heterocycles. The molecule has 2 aliphatic carbocycles. The molecule has 2 fully saturated rings. The Morgan fingerprint density at radius 3 is 2.54 bits per heavy atom. The van der Waals surface area contributed by atoms with E-state index in [9.17, 15) is 0 Å². The minimum atomic E-state index is -0.00334. The number of hydrogen-bond acceptors (Lipinski definition) is 3. The lowest BCUT2D eigenvalue weighted by Crippen LogP contribution is -2.38. The summed E-state index contributed by atoms with van der Waals surface area (Å²) in [4.78, 5) is 0. The van der Waals surface area contributed by atoms with E-state index in [2.05, 4.69) is 10.6 Å². The van der Waals surface area contributed by atoms with Crippen molar-refractivity contribution in [1.29, 1.82) is 0 Å². The van der Waals surface area contributed by atoms with E-state index in [1.165, 1.54) is 12.8 Å². The molecule has 0 saturated heterocycles. The van der Waals surface area contributed by atoms with E-state index < -0.39 is 0 Å². The van der Waals surface area contributed by atoms with E-state index in [0.717, 1.165) is 44.4 Å². The molecule has 0 aromatic rings. The minimum Gasteiger partial charge on any atom is -0.393 e. The van der Waals surface area contributed by atoms with E-state index in [-0.39, 0.29) is 6.10 Å². The molecule has 2 saturated carbocycles. The quantitative estimate of drug-likeness (QED) is 0.513. The first-order valence-electron chi connectivity index (χ1n) is 5.47. The van der Waals surface area contributed by atoms with E-state index in [0.29, 0.717) is 0 Å². The Labute approximate surface area is 79.9 Å². The number of rotatable bonds is 6. The monoisotopic (exact) mass is 184 g/mol. The standard InChI is InChI=1S/C10H20N2O/c13-10-5-8(6-10)7-11-3-4-12-9-1-2-9/h8-13H,1-7H2. The first kappa shape index (κ1) is 9.44. The Balaban J connectivity index is 1.36. The fraction of sp³-hybridized carbons (Fsp3) is 1.00. The molecule has 0 aromatic heterocycles. The van der Waals surface area contributed by atoms with Crippen molar-refractivity contribution in [2.75, 3.05) is 19.6 Å². The Morgan fingerprint density at radius 2 is 1.92 bits per heavy atom. The van der Waals surface area contributed by atoms with Gasteiger partial charge in [-0.2, -0.15) is 0 Å². The third-order valence-corrected chi connectivity index (χ3v) is 2.96. The molecule has 0 radical (unpaired) electrons. The van der Waals surface area contributed by atoms with Gasteiger partial charge >= 0.3 is 0 Å². The second-order valence-corrected chi connectivity index (χ2v) is 4.42. The lowest BCUT2D eigenvalue weighted by atomic mass is 9.82. The summed E-state index contributed by atoms with van der Waals surface area (Å²) in [7, 11) is 0. The van der Waals surface area contributed by atoms with Gasteiger partial charge in [0.25, 0.3) is 0 Å². The number of aliphatic hydroxyl groups excluding tert-OH is 1.